The van der Waals surface area contributed by atoms with Gasteiger partial charge in [-0.3, -0.25) is 9.78 Å². The number of ether oxygens (including phenoxy) is 1. The molecule has 4 rings (SSSR count). The van der Waals surface area contributed by atoms with Crippen molar-refractivity contribution < 1.29 is 9.53 Å². The molecule has 1 unspecified atom stereocenters. The summed E-state index contributed by atoms with van der Waals surface area (Å²) in [6.45, 7) is 2.10. The summed E-state index contributed by atoms with van der Waals surface area (Å²) < 4.78 is 7.30. The van der Waals surface area contributed by atoms with Crippen molar-refractivity contribution in [2.75, 3.05) is 32.6 Å². The molecule has 1 amide bonds. The fraction of sp³-hybridized carbons (Fsp3) is 0.500. The monoisotopic (exact) mass is 341 g/mol. The Morgan fingerprint density at radius 2 is 2.04 bits per heavy atom. The number of nitrogens with one attached hydrogen (secondary N) is 1. The van der Waals surface area contributed by atoms with Crippen molar-refractivity contribution in [2.24, 2.45) is 0 Å². The summed E-state index contributed by atoms with van der Waals surface area (Å²) in [7, 11) is 3.76. The van der Waals surface area contributed by atoms with E-state index in [-0.39, 0.29) is 11.8 Å². The third kappa shape index (κ3) is 3.00. The average Bonchev–Trinajstić information content (AvgIpc) is 3.05. The molecule has 7 nitrogen and oxygen atoms in total. The van der Waals surface area contributed by atoms with Gasteiger partial charge in [0.25, 0.3) is 0 Å². The first kappa shape index (κ1) is 16.1. The molecule has 1 saturated heterocycles. The van der Waals surface area contributed by atoms with Crippen LogP contribution in [0.3, 0.4) is 0 Å². The minimum absolute atomic E-state index is 0.0231. The number of amides is 1. The van der Waals surface area contributed by atoms with Gasteiger partial charge in [0.15, 0.2) is 0 Å². The highest BCUT2D eigenvalue weighted by molar-refractivity contribution is 5.94. The molecular formula is C18H23N5O2. The van der Waals surface area contributed by atoms with Gasteiger partial charge in [0.05, 0.1) is 25.5 Å². The molecule has 25 heavy (non-hydrogen) atoms. The molecule has 0 saturated carbocycles. The predicted molar refractivity (Wildman–Crippen MR) is 93.9 cm³/mol. The Bertz CT molecular complexity index is 780. The number of pyridine rings is 1. The molecule has 2 aromatic heterocycles. The third-order valence-corrected chi connectivity index (χ3v) is 5.25. The number of aromatic nitrogens is 3. The van der Waals surface area contributed by atoms with Crippen LogP contribution in [0.5, 0.6) is 5.75 Å². The Morgan fingerprint density at radius 3 is 2.80 bits per heavy atom. The molecule has 2 aliphatic heterocycles. The number of anilines is 1. The van der Waals surface area contributed by atoms with E-state index in [0.717, 1.165) is 42.9 Å². The van der Waals surface area contributed by atoms with Crippen LogP contribution in [0.2, 0.25) is 0 Å². The zero-order valence-electron chi connectivity index (χ0n) is 14.6. The zero-order chi connectivity index (χ0) is 17.4. The molecule has 0 bridgehead atoms. The van der Waals surface area contributed by atoms with Gasteiger partial charge in [-0.05, 0) is 44.6 Å². The summed E-state index contributed by atoms with van der Waals surface area (Å²) in [6.07, 6.45) is 7.88. The molecule has 7 heteroatoms. The Labute approximate surface area is 147 Å². The van der Waals surface area contributed by atoms with Crippen molar-refractivity contribution in [3.05, 3.63) is 35.8 Å². The standard InChI is InChI=1S/C18H23N5O2/c1-22-5-3-13(4-6-22)23-18-16(11-20-23)15(8-17(24)21-18)12-7-14(25-2)10-19-9-12/h7,9-11,13,15H,3-6,8H2,1-2H3,(H,21,24). The van der Waals surface area contributed by atoms with Crippen LogP contribution in [0.15, 0.2) is 24.7 Å². The van der Waals surface area contributed by atoms with Gasteiger partial charge in [0, 0.05) is 24.1 Å². The van der Waals surface area contributed by atoms with Crippen molar-refractivity contribution in [1.82, 2.24) is 19.7 Å². The van der Waals surface area contributed by atoms with Crippen molar-refractivity contribution in [3.63, 3.8) is 0 Å². The topological polar surface area (TPSA) is 72.3 Å². The first-order valence-electron chi connectivity index (χ1n) is 8.70. The van der Waals surface area contributed by atoms with Gasteiger partial charge in [0.2, 0.25) is 5.91 Å². The van der Waals surface area contributed by atoms with Crippen LogP contribution in [-0.2, 0) is 4.79 Å². The number of rotatable bonds is 3. The molecule has 1 fully saturated rings. The first-order valence-corrected chi connectivity index (χ1v) is 8.70. The highest BCUT2D eigenvalue weighted by Gasteiger charge is 2.32. The Balaban J connectivity index is 1.69. The number of methoxy groups -OCH3 is 1. The fourth-order valence-electron chi connectivity index (χ4n) is 3.79. The van der Waals surface area contributed by atoms with Gasteiger partial charge in [-0.1, -0.05) is 0 Å². The number of fused-ring (bicyclic) bond motifs is 1. The Kier molecular flexibility index (Phi) is 4.17. The van der Waals surface area contributed by atoms with Crippen LogP contribution < -0.4 is 10.1 Å². The van der Waals surface area contributed by atoms with E-state index in [1.165, 1.54) is 0 Å². The van der Waals surface area contributed by atoms with E-state index >= 15 is 0 Å². The first-order chi connectivity index (χ1) is 12.2. The summed E-state index contributed by atoms with van der Waals surface area (Å²) in [5, 5.41) is 7.67. The molecule has 2 aromatic rings. The zero-order valence-corrected chi connectivity index (χ0v) is 14.6. The van der Waals surface area contributed by atoms with Crippen molar-refractivity contribution in [1.29, 1.82) is 0 Å². The van der Waals surface area contributed by atoms with Crippen molar-refractivity contribution in [2.45, 2.75) is 31.2 Å². The maximum absolute atomic E-state index is 12.3. The quantitative estimate of drug-likeness (QED) is 0.925. The molecular weight excluding hydrogens is 318 g/mol. The lowest BCUT2D eigenvalue weighted by Crippen LogP contribution is -2.33. The number of nitrogens with zero attached hydrogens (tertiary/aromatic N) is 4. The van der Waals surface area contributed by atoms with Gasteiger partial charge in [-0.2, -0.15) is 5.10 Å². The highest BCUT2D eigenvalue weighted by atomic mass is 16.5. The van der Waals surface area contributed by atoms with Crippen LogP contribution in [0, 0.1) is 0 Å². The number of carbonyl (C=O) groups is 1. The van der Waals surface area contributed by atoms with Gasteiger partial charge in [-0.15, -0.1) is 0 Å². The summed E-state index contributed by atoms with van der Waals surface area (Å²) in [6, 6.07) is 2.29. The smallest absolute Gasteiger partial charge is 0.226 e. The molecule has 1 atom stereocenters. The van der Waals surface area contributed by atoms with Crippen molar-refractivity contribution >= 4 is 11.7 Å². The van der Waals surface area contributed by atoms with Crippen LogP contribution in [0.4, 0.5) is 5.82 Å². The maximum Gasteiger partial charge on any atom is 0.226 e. The van der Waals surface area contributed by atoms with E-state index in [9.17, 15) is 4.79 Å². The minimum Gasteiger partial charge on any atom is -0.495 e. The van der Waals surface area contributed by atoms with Gasteiger partial charge >= 0.3 is 0 Å². The van der Waals surface area contributed by atoms with E-state index in [1.54, 1.807) is 13.3 Å². The lowest BCUT2D eigenvalue weighted by molar-refractivity contribution is -0.116. The van der Waals surface area contributed by atoms with Crippen LogP contribution >= 0.6 is 0 Å². The molecule has 4 heterocycles. The van der Waals surface area contributed by atoms with E-state index < -0.39 is 0 Å². The SMILES string of the molecule is COc1cncc(C2CC(=O)Nc3c2cnn3C2CCN(C)CC2)c1. The van der Waals surface area contributed by atoms with Crippen LogP contribution in [0.25, 0.3) is 0 Å². The van der Waals surface area contributed by atoms with Gasteiger partial charge in [-0.25, -0.2) is 4.68 Å². The normalized spacial score (nSPS) is 21.7. The number of piperidine rings is 1. The summed E-state index contributed by atoms with van der Waals surface area (Å²) >= 11 is 0. The molecule has 132 valence electrons. The molecule has 0 spiro atoms. The number of likely N-dealkylation sites (tertiary alicyclic amines) is 1. The van der Waals surface area contributed by atoms with E-state index in [2.05, 4.69) is 27.3 Å². The lowest BCUT2D eigenvalue weighted by atomic mass is 9.88. The van der Waals surface area contributed by atoms with E-state index in [0.29, 0.717) is 18.2 Å². The fourth-order valence-corrected chi connectivity index (χ4v) is 3.79. The van der Waals surface area contributed by atoms with E-state index in [1.807, 2.05) is 23.1 Å². The molecule has 0 radical (unpaired) electrons. The summed E-state index contributed by atoms with van der Waals surface area (Å²) in [4.78, 5) is 18.9. The third-order valence-electron chi connectivity index (χ3n) is 5.25. The second-order valence-corrected chi connectivity index (χ2v) is 6.89. The Morgan fingerprint density at radius 1 is 1.24 bits per heavy atom. The van der Waals surface area contributed by atoms with Crippen LogP contribution in [-0.4, -0.2) is 52.8 Å². The highest BCUT2D eigenvalue weighted by Crippen LogP contribution is 2.39. The second kappa shape index (κ2) is 6.48. The number of carbonyl (C=O) groups excluding carboxylic acids is 1. The largest absolute Gasteiger partial charge is 0.495 e. The second-order valence-electron chi connectivity index (χ2n) is 6.89. The summed E-state index contributed by atoms with van der Waals surface area (Å²) in [5.41, 5.74) is 2.05. The van der Waals surface area contributed by atoms with Crippen LogP contribution in [0.1, 0.15) is 42.3 Å². The average molecular weight is 341 g/mol. The lowest BCUT2D eigenvalue weighted by Gasteiger charge is -2.31. The molecule has 2 aliphatic rings. The predicted octanol–water partition coefficient (Wildman–Crippen LogP) is 2.03. The maximum atomic E-state index is 12.3. The van der Waals surface area contributed by atoms with E-state index in [4.69, 9.17) is 4.74 Å². The summed E-state index contributed by atoms with van der Waals surface area (Å²) in [5.74, 6) is 1.53. The number of hydrogen-bond acceptors (Lipinski definition) is 5. The minimum atomic E-state index is -0.0358. The molecule has 1 N–H and O–H groups in total. The number of hydrogen-bond donors (Lipinski definition) is 1. The van der Waals surface area contributed by atoms with Crippen molar-refractivity contribution in [3.8, 4) is 5.75 Å². The Hall–Kier alpha value is -2.41. The van der Waals surface area contributed by atoms with Gasteiger partial charge < -0.3 is 15.0 Å². The molecule has 0 aromatic carbocycles. The molecule has 0 aliphatic carbocycles. The van der Waals surface area contributed by atoms with Gasteiger partial charge in [0.1, 0.15) is 11.6 Å².